The van der Waals surface area contributed by atoms with Crippen molar-refractivity contribution in [1.82, 2.24) is 15.2 Å². The molecule has 1 aliphatic rings. The van der Waals surface area contributed by atoms with Crippen molar-refractivity contribution in [2.75, 3.05) is 51.4 Å². The van der Waals surface area contributed by atoms with Crippen LogP contribution in [0.25, 0.3) is 11.3 Å². The number of anilines is 1. The highest BCUT2D eigenvalue weighted by atomic mass is 19.4. The first-order valence-corrected chi connectivity index (χ1v) is 18.0. The number of morpholine rings is 1. The van der Waals surface area contributed by atoms with Crippen LogP contribution in [-0.2, 0) is 22.2 Å². The number of nitrogens with two attached hydrogens (primary N) is 1. The van der Waals surface area contributed by atoms with E-state index in [9.17, 15) is 27.6 Å². The van der Waals surface area contributed by atoms with Gasteiger partial charge in [0.05, 0.1) is 48.4 Å². The zero-order chi connectivity index (χ0) is 39.6. The number of pyridine rings is 1. The number of nitrogens with one attached hydrogen (secondary N) is 2. The van der Waals surface area contributed by atoms with Crippen molar-refractivity contribution in [3.63, 3.8) is 0 Å². The van der Waals surface area contributed by atoms with Crippen molar-refractivity contribution in [3.8, 4) is 17.0 Å². The molecule has 1 aliphatic heterocycles. The van der Waals surface area contributed by atoms with E-state index < -0.39 is 29.1 Å². The molecule has 0 aliphatic carbocycles. The first-order valence-electron chi connectivity index (χ1n) is 18.0. The highest BCUT2D eigenvalue weighted by molar-refractivity contribution is 6.09. The topological polar surface area (TPSA) is 145 Å². The van der Waals surface area contributed by atoms with Crippen molar-refractivity contribution in [1.29, 1.82) is 0 Å². The predicted molar refractivity (Wildman–Crippen MR) is 202 cm³/mol. The van der Waals surface area contributed by atoms with E-state index in [-0.39, 0.29) is 41.7 Å². The molecule has 0 bridgehead atoms. The third-order valence-electron chi connectivity index (χ3n) is 9.00. The maximum atomic E-state index is 13.7. The lowest BCUT2D eigenvalue weighted by Gasteiger charge is -2.30. The van der Waals surface area contributed by atoms with Gasteiger partial charge in [-0.25, -0.2) is 0 Å². The van der Waals surface area contributed by atoms with E-state index in [4.69, 9.17) is 19.9 Å². The summed E-state index contributed by atoms with van der Waals surface area (Å²) in [5, 5.41) is 5.57. The highest BCUT2D eigenvalue weighted by Crippen LogP contribution is 2.32. The molecule has 4 N–H and O–H groups in total. The van der Waals surface area contributed by atoms with Gasteiger partial charge >= 0.3 is 6.18 Å². The van der Waals surface area contributed by atoms with E-state index in [0.29, 0.717) is 61.0 Å². The standard InChI is InChI=1S/C41H46F3N5O6/c1-27(2)54-20-21-55-33-10-11-35(48-39(52)30-8-5-7-29(23-30)37(50)40(3,45)13-15-49-16-18-53-19-17-49)34(25-33)36-24-31(12-14-46-36)38(51)47-26-28-6-4-9-32(22-28)41(42,43)44/h4-12,14,22-25,27H,13,15-21,26,45H2,1-3H3,(H,47,51)(H,48,52). The Balaban J connectivity index is 1.35. The Morgan fingerprint density at radius 1 is 0.909 bits per heavy atom. The quantitative estimate of drug-likeness (QED) is 0.0876. The number of Topliss-reactive ketones (excluding diaryl/α,β-unsaturated/α-hetero) is 1. The monoisotopic (exact) mass is 761 g/mol. The minimum atomic E-state index is -4.51. The molecule has 1 fully saturated rings. The average Bonchev–Trinajstić information content (AvgIpc) is 3.18. The average molecular weight is 762 g/mol. The molecule has 1 aromatic heterocycles. The third-order valence-corrected chi connectivity index (χ3v) is 9.00. The molecule has 1 unspecified atom stereocenters. The molecule has 2 heterocycles. The fraction of sp³-hybridized carbons (Fsp3) is 0.366. The second-order valence-corrected chi connectivity index (χ2v) is 13.8. The summed E-state index contributed by atoms with van der Waals surface area (Å²) in [5.41, 5.74) is 6.62. The SMILES string of the molecule is CC(C)OCCOc1ccc(NC(=O)c2cccc(C(=O)C(C)(N)CCN3CCOCC3)c2)c(-c2cc(C(=O)NCc3cccc(C(F)(F)F)c3)ccn2)c1. The second-order valence-electron chi connectivity index (χ2n) is 13.8. The molecule has 0 spiro atoms. The lowest BCUT2D eigenvalue weighted by molar-refractivity contribution is -0.137. The smallest absolute Gasteiger partial charge is 0.416 e. The summed E-state index contributed by atoms with van der Waals surface area (Å²) in [6, 6.07) is 19.1. The number of hydrogen-bond acceptors (Lipinski definition) is 9. The Kier molecular flexibility index (Phi) is 13.8. The fourth-order valence-corrected chi connectivity index (χ4v) is 5.89. The number of ether oxygens (including phenoxy) is 3. The second kappa shape index (κ2) is 18.5. The molecule has 14 heteroatoms. The molecule has 11 nitrogen and oxygen atoms in total. The Morgan fingerprint density at radius 3 is 2.38 bits per heavy atom. The third kappa shape index (κ3) is 11.7. The number of ketones is 1. The van der Waals surface area contributed by atoms with Crippen molar-refractivity contribution in [2.45, 2.75) is 51.6 Å². The molecular formula is C41H46F3N5O6. The Labute approximate surface area is 318 Å². The van der Waals surface area contributed by atoms with Crippen LogP contribution in [0.15, 0.2) is 85.1 Å². The molecule has 5 rings (SSSR count). The van der Waals surface area contributed by atoms with E-state index in [1.54, 1.807) is 43.3 Å². The maximum Gasteiger partial charge on any atom is 0.416 e. The van der Waals surface area contributed by atoms with Gasteiger partial charge in [-0.1, -0.05) is 24.3 Å². The minimum absolute atomic E-state index is 0.0194. The number of hydrogen-bond donors (Lipinski definition) is 3. The largest absolute Gasteiger partial charge is 0.491 e. The van der Waals surface area contributed by atoms with Crippen LogP contribution in [0.2, 0.25) is 0 Å². The number of benzene rings is 3. The summed E-state index contributed by atoms with van der Waals surface area (Å²) in [6.07, 6.45) is -2.64. The molecule has 55 heavy (non-hydrogen) atoms. The van der Waals surface area contributed by atoms with Gasteiger partial charge in [0, 0.05) is 54.6 Å². The van der Waals surface area contributed by atoms with Crippen molar-refractivity contribution < 1.29 is 41.8 Å². The zero-order valence-corrected chi connectivity index (χ0v) is 31.1. The van der Waals surface area contributed by atoms with Gasteiger partial charge in [0.1, 0.15) is 12.4 Å². The van der Waals surface area contributed by atoms with Gasteiger partial charge in [-0.05, 0) is 87.4 Å². The number of aromatic nitrogens is 1. The summed E-state index contributed by atoms with van der Waals surface area (Å²) in [7, 11) is 0. The molecule has 1 saturated heterocycles. The van der Waals surface area contributed by atoms with Gasteiger partial charge in [-0.15, -0.1) is 0 Å². The van der Waals surface area contributed by atoms with Gasteiger partial charge in [-0.2, -0.15) is 13.2 Å². The molecular weight excluding hydrogens is 715 g/mol. The van der Waals surface area contributed by atoms with Gasteiger partial charge in [-0.3, -0.25) is 24.3 Å². The number of rotatable bonds is 16. The van der Waals surface area contributed by atoms with Crippen LogP contribution in [0.3, 0.4) is 0 Å². The van der Waals surface area contributed by atoms with Crippen LogP contribution in [0, 0.1) is 0 Å². The molecule has 2 amide bonds. The predicted octanol–water partition coefficient (Wildman–Crippen LogP) is 6.38. The summed E-state index contributed by atoms with van der Waals surface area (Å²) in [5.74, 6) is -0.875. The number of alkyl halides is 3. The first kappa shape index (κ1) is 41.0. The maximum absolute atomic E-state index is 13.7. The van der Waals surface area contributed by atoms with Gasteiger partial charge < -0.3 is 30.6 Å². The Bertz CT molecular complexity index is 1960. The van der Waals surface area contributed by atoms with Crippen LogP contribution >= 0.6 is 0 Å². The van der Waals surface area contributed by atoms with Gasteiger partial charge in [0.25, 0.3) is 11.8 Å². The normalized spacial score (nSPS) is 14.6. The Morgan fingerprint density at radius 2 is 1.64 bits per heavy atom. The summed E-state index contributed by atoms with van der Waals surface area (Å²) in [6.45, 7) is 9.45. The van der Waals surface area contributed by atoms with E-state index in [1.807, 2.05) is 13.8 Å². The molecule has 0 saturated carbocycles. The lowest BCUT2D eigenvalue weighted by atomic mass is 9.88. The summed E-state index contributed by atoms with van der Waals surface area (Å²) in [4.78, 5) is 47.1. The van der Waals surface area contributed by atoms with Crippen LogP contribution in [0.4, 0.5) is 18.9 Å². The number of nitrogens with zero attached hydrogens (tertiary/aromatic N) is 2. The molecule has 1 atom stereocenters. The first-order chi connectivity index (χ1) is 26.2. The number of halogens is 3. The van der Waals surface area contributed by atoms with Crippen LogP contribution in [-0.4, -0.2) is 85.2 Å². The molecule has 292 valence electrons. The summed E-state index contributed by atoms with van der Waals surface area (Å²) < 4.78 is 56.5. The number of amides is 2. The van der Waals surface area contributed by atoms with E-state index in [1.165, 1.54) is 36.5 Å². The fourth-order valence-electron chi connectivity index (χ4n) is 5.89. The van der Waals surface area contributed by atoms with Crippen molar-refractivity contribution in [3.05, 3.63) is 113 Å². The Hall–Kier alpha value is -5.15. The lowest BCUT2D eigenvalue weighted by Crippen LogP contribution is -2.48. The van der Waals surface area contributed by atoms with E-state index in [0.717, 1.165) is 25.2 Å². The summed E-state index contributed by atoms with van der Waals surface area (Å²) >= 11 is 0. The van der Waals surface area contributed by atoms with Crippen LogP contribution in [0.1, 0.15) is 69.4 Å². The minimum Gasteiger partial charge on any atom is -0.491 e. The number of carbonyl (C=O) groups excluding carboxylic acids is 3. The van der Waals surface area contributed by atoms with Gasteiger partial charge in [0.2, 0.25) is 0 Å². The van der Waals surface area contributed by atoms with Crippen LogP contribution in [0.5, 0.6) is 5.75 Å². The number of carbonyl (C=O) groups is 3. The van der Waals surface area contributed by atoms with Crippen molar-refractivity contribution in [2.24, 2.45) is 5.73 Å². The van der Waals surface area contributed by atoms with E-state index in [2.05, 4.69) is 20.5 Å². The highest BCUT2D eigenvalue weighted by Gasteiger charge is 2.31. The van der Waals surface area contributed by atoms with E-state index >= 15 is 0 Å². The van der Waals surface area contributed by atoms with Crippen LogP contribution < -0.4 is 21.1 Å². The van der Waals surface area contributed by atoms with Gasteiger partial charge in [0.15, 0.2) is 5.78 Å². The molecule has 3 aromatic carbocycles. The molecule has 4 aromatic rings. The van der Waals surface area contributed by atoms with Crippen molar-refractivity contribution >= 4 is 23.3 Å². The molecule has 0 radical (unpaired) electrons. The zero-order valence-electron chi connectivity index (χ0n) is 31.1.